The van der Waals surface area contributed by atoms with E-state index in [1.807, 2.05) is 48.5 Å². The summed E-state index contributed by atoms with van der Waals surface area (Å²) in [5, 5.41) is 4.65. The minimum absolute atomic E-state index is 0.210. The first-order valence-electron chi connectivity index (χ1n) is 7.93. The van der Waals surface area contributed by atoms with Gasteiger partial charge in [0.1, 0.15) is 0 Å². The van der Waals surface area contributed by atoms with Crippen LogP contribution >= 0.6 is 23.2 Å². The van der Waals surface area contributed by atoms with E-state index in [1.54, 1.807) is 24.3 Å². The molecule has 0 unspecified atom stereocenters. The van der Waals surface area contributed by atoms with Crippen molar-refractivity contribution < 1.29 is 0 Å². The van der Waals surface area contributed by atoms with Gasteiger partial charge in [-0.2, -0.15) is 0 Å². The third-order valence-corrected chi connectivity index (χ3v) is 4.53. The van der Waals surface area contributed by atoms with Gasteiger partial charge in [0.15, 0.2) is 0 Å². The Bertz CT molecular complexity index is 1160. The Kier molecular flexibility index (Phi) is 4.37. The zero-order valence-corrected chi connectivity index (χ0v) is 15.0. The van der Waals surface area contributed by atoms with Crippen LogP contribution in [0.2, 0.25) is 10.0 Å². The van der Waals surface area contributed by atoms with Crippen molar-refractivity contribution in [3.8, 4) is 5.69 Å². The molecule has 0 saturated carbocycles. The molecule has 128 valence electrons. The summed E-state index contributed by atoms with van der Waals surface area (Å²) in [6.45, 7) is 0. The lowest BCUT2D eigenvalue weighted by molar-refractivity contribution is 0.974. The van der Waals surface area contributed by atoms with E-state index in [1.165, 1.54) is 4.57 Å². The predicted molar refractivity (Wildman–Crippen MR) is 107 cm³/mol. The number of hydrogen-bond donors (Lipinski definition) is 1. The molecule has 1 heterocycles. The highest BCUT2D eigenvalue weighted by Gasteiger charge is 2.14. The average Bonchev–Trinajstić information content (AvgIpc) is 2.65. The topological polar surface area (TPSA) is 46.9 Å². The van der Waals surface area contributed by atoms with Crippen molar-refractivity contribution in [1.82, 2.24) is 9.55 Å². The summed E-state index contributed by atoms with van der Waals surface area (Å²) >= 11 is 12.3. The molecule has 4 nitrogen and oxygen atoms in total. The van der Waals surface area contributed by atoms with Gasteiger partial charge in [-0.15, -0.1) is 0 Å². The monoisotopic (exact) mass is 381 g/mol. The van der Waals surface area contributed by atoms with Crippen LogP contribution in [0, 0.1) is 0 Å². The van der Waals surface area contributed by atoms with Crippen LogP contribution in [0.15, 0.2) is 77.6 Å². The van der Waals surface area contributed by atoms with E-state index in [9.17, 15) is 4.79 Å². The minimum atomic E-state index is -0.210. The second kappa shape index (κ2) is 6.83. The molecule has 0 fully saturated rings. The SMILES string of the molecule is O=c1c2cc(Cl)ccc2nc(Nc2ccccc2Cl)n1-c1ccccc1. The van der Waals surface area contributed by atoms with E-state index in [-0.39, 0.29) is 5.56 Å². The first-order chi connectivity index (χ1) is 12.6. The van der Waals surface area contributed by atoms with E-state index in [4.69, 9.17) is 23.2 Å². The van der Waals surface area contributed by atoms with Crippen LogP contribution in [0.25, 0.3) is 16.6 Å². The molecule has 0 radical (unpaired) electrons. The molecule has 0 amide bonds. The van der Waals surface area contributed by atoms with Gasteiger partial charge in [0.05, 0.1) is 27.3 Å². The quantitative estimate of drug-likeness (QED) is 0.514. The maximum Gasteiger partial charge on any atom is 0.267 e. The second-order valence-corrected chi connectivity index (χ2v) is 6.52. The number of hydrogen-bond acceptors (Lipinski definition) is 3. The van der Waals surface area contributed by atoms with Crippen molar-refractivity contribution >= 4 is 45.7 Å². The largest absolute Gasteiger partial charge is 0.324 e. The minimum Gasteiger partial charge on any atom is -0.324 e. The fraction of sp³-hybridized carbons (Fsp3) is 0. The van der Waals surface area contributed by atoms with Gasteiger partial charge in [0, 0.05) is 5.02 Å². The van der Waals surface area contributed by atoms with Crippen LogP contribution in [-0.2, 0) is 0 Å². The molecular formula is C20H13Cl2N3O. The van der Waals surface area contributed by atoms with E-state index < -0.39 is 0 Å². The van der Waals surface area contributed by atoms with Gasteiger partial charge < -0.3 is 5.32 Å². The Morgan fingerprint density at radius 3 is 2.38 bits per heavy atom. The Morgan fingerprint density at radius 2 is 1.62 bits per heavy atom. The zero-order valence-electron chi connectivity index (χ0n) is 13.5. The third-order valence-electron chi connectivity index (χ3n) is 3.96. The van der Waals surface area contributed by atoms with Crippen LogP contribution in [0.3, 0.4) is 0 Å². The maximum atomic E-state index is 13.2. The molecule has 3 aromatic carbocycles. The molecule has 26 heavy (non-hydrogen) atoms. The molecule has 4 rings (SSSR count). The number of aromatic nitrogens is 2. The Balaban J connectivity index is 2.00. The summed E-state index contributed by atoms with van der Waals surface area (Å²) in [5.41, 5.74) is 1.71. The highest BCUT2D eigenvalue weighted by molar-refractivity contribution is 6.33. The second-order valence-electron chi connectivity index (χ2n) is 5.68. The summed E-state index contributed by atoms with van der Waals surface area (Å²) < 4.78 is 1.52. The van der Waals surface area contributed by atoms with Gasteiger partial charge in [0.2, 0.25) is 5.95 Å². The molecule has 0 spiro atoms. The molecule has 0 aliphatic carbocycles. The Hall–Kier alpha value is -2.82. The van der Waals surface area contributed by atoms with Gasteiger partial charge in [-0.3, -0.25) is 4.79 Å². The fourth-order valence-corrected chi connectivity index (χ4v) is 3.10. The summed E-state index contributed by atoms with van der Waals surface area (Å²) in [5.74, 6) is 0.379. The van der Waals surface area contributed by atoms with Crippen molar-refractivity contribution in [1.29, 1.82) is 0 Å². The fourth-order valence-electron chi connectivity index (χ4n) is 2.74. The summed E-state index contributed by atoms with van der Waals surface area (Å²) in [4.78, 5) is 17.8. The van der Waals surface area contributed by atoms with E-state index >= 15 is 0 Å². The van der Waals surface area contributed by atoms with Gasteiger partial charge in [-0.1, -0.05) is 53.5 Å². The highest BCUT2D eigenvalue weighted by Crippen LogP contribution is 2.26. The Labute approximate surface area is 159 Å². The number of rotatable bonds is 3. The number of fused-ring (bicyclic) bond motifs is 1. The van der Waals surface area contributed by atoms with Crippen LogP contribution < -0.4 is 10.9 Å². The van der Waals surface area contributed by atoms with Gasteiger partial charge in [-0.05, 0) is 42.5 Å². The number of anilines is 2. The lowest BCUT2D eigenvalue weighted by Crippen LogP contribution is -2.22. The normalized spacial score (nSPS) is 10.8. The summed E-state index contributed by atoms with van der Waals surface area (Å²) in [7, 11) is 0. The average molecular weight is 382 g/mol. The first-order valence-corrected chi connectivity index (χ1v) is 8.68. The number of nitrogens with zero attached hydrogens (tertiary/aromatic N) is 2. The molecule has 0 aliphatic heterocycles. The number of halogens is 2. The van der Waals surface area contributed by atoms with Crippen LogP contribution in [0.1, 0.15) is 0 Å². The standard InChI is InChI=1S/C20H13Cl2N3O/c21-13-10-11-17-15(12-13)19(26)25(14-6-2-1-3-7-14)20(23-17)24-18-9-5-4-8-16(18)22/h1-12H,(H,23,24). The van der Waals surface area contributed by atoms with E-state index in [2.05, 4.69) is 10.3 Å². The lowest BCUT2D eigenvalue weighted by atomic mass is 10.2. The first kappa shape index (κ1) is 16.6. The van der Waals surface area contributed by atoms with Crippen molar-refractivity contribution in [2.75, 3.05) is 5.32 Å². The maximum absolute atomic E-state index is 13.2. The van der Waals surface area contributed by atoms with Crippen LogP contribution in [-0.4, -0.2) is 9.55 Å². The van der Waals surface area contributed by atoms with Crippen molar-refractivity contribution in [3.63, 3.8) is 0 Å². The molecule has 4 aromatic rings. The number of nitrogens with one attached hydrogen (secondary N) is 1. The molecule has 0 aliphatic rings. The molecule has 0 atom stereocenters. The van der Waals surface area contributed by atoms with Crippen molar-refractivity contribution in [2.45, 2.75) is 0 Å². The molecular weight excluding hydrogens is 369 g/mol. The zero-order chi connectivity index (χ0) is 18.1. The van der Waals surface area contributed by atoms with E-state index in [0.717, 1.165) is 0 Å². The molecule has 0 saturated heterocycles. The van der Waals surface area contributed by atoms with Gasteiger partial charge in [-0.25, -0.2) is 9.55 Å². The smallest absolute Gasteiger partial charge is 0.267 e. The molecule has 0 bridgehead atoms. The lowest BCUT2D eigenvalue weighted by Gasteiger charge is -2.15. The third kappa shape index (κ3) is 3.05. The molecule has 1 aromatic heterocycles. The summed E-state index contributed by atoms with van der Waals surface area (Å²) in [6.07, 6.45) is 0. The molecule has 1 N–H and O–H groups in total. The van der Waals surface area contributed by atoms with Crippen LogP contribution in [0.5, 0.6) is 0 Å². The summed E-state index contributed by atoms with van der Waals surface area (Å²) in [6, 6.07) is 21.7. The predicted octanol–water partition coefficient (Wildman–Crippen LogP) is 5.44. The van der Waals surface area contributed by atoms with Gasteiger partial charge in [0.25, 0.3) is 5.56 Å². The van der Waals surface area contributed by atoms with Gasteiger partial charge >= 0.3 is 0 Å². The van der Waals surface area contributed by atoms with Crippen molar-refractivity contribution in [3.05, 3.63) is 93.2 Å². The van der Waals surface area contributed by atoms with E-state index in [0.29, 0.717) is 38.3 Å². The highest BCUT2D eigenvalue weighted by atomic mass is 35.5. The van der Waals surface area contributed by atoms with Crippen molar-refractivity contribution in [2.24, 2.45) is 0 Å². The number of benzene rings is 3. The van der Waals surface area contributed by atoms with Crippen LogP contribution in [0.4, 0.5) is 11.6 Å². The molecule has 6 heteroatoms. The Morgan fingerprint density at radius 1 is 0.885 bits per heavy atom. The number of para-hydroxylation sites is 2.